The van der Waals surface area contributed by atoms with Crippen molar-refractivity contribution in [3.8, 4) is 0 Å². The zero-order valence-corrected chi connectivity index (χ0v) is 17.5. The molecule has 0 saturated carbocycles. The molecule has 3 aromatic carbocycles. The maximum Gasteiger partial charge on any atom is 0.255 e. The van der Waals surface area contributed by atoms with Gasteiger partial charge in [-0.05, 0) is 22.8 Å². The molecule has 5 heteroatoms. The van der Waals surface area contributed by atoms with Crippen LogP contribution in [0, 0.1) is 0 Å². The molecular formula is C25H24N2O2S. The lowest BCUT2D eigenvalue weighted by Gasteiger charge is -2.27. The highest BCUT2D eigenvalue weighted by molar-refractivity contribution is 7.98. The summed E-state index contributed by atoms with van der Waals surface area (Å²) in [5.74, 6) is 1.18. The molecule has 0 aliphatic carbocycles. The van der Waals surface area contributed by atoms with Gasteiger partial charge < -0.3 is 10.2 Å². The van der Waals surface area contributed by atoms with E-state index in [1.165, 1.54) is 5.56 Å². The molecule has 0 unspecified atom stereocenters. The molecule has 0 fully saturated rings. The molecule has 3 aromatic rings. The number of nitrogens with zero attached hydrogens (tertiary/aromatic N) is 1. The number of hydrogen-bond acceptors (Lipinski definition) is 3. The Morgan fingerprint density at radius 3 is 2.23 bits per heavy atom. The molecule has 4 nitrogen and oxygen atoms in total. The summed E-state index contributed by atoms with van der Waals surface area (Å²) in [6, 6.07) is 27.1. The van der Waals surface area contributed by atoms with Gasteiger partial charge in [-0.1, -0.05) is 78.9 Å². The highest BCUT2D eigenvalue weighted by Gasteiger charge is 2.36. The number of carbonyl (C=O) groups excluding carboxylic acids is 2. The summed E-state index contributed by atoms with van der Waals surface area (Å²) in [6.07, 6.45) is 0. The van der Waals surface area contributed by atoms with Crippen LogP contribution in [-0.4, -0.2) is 28.5 Å². The highest BCUT2D eigenvalue weighted by atomic mass is 32.2. The molecule has 1 atom stereocenters. The summed E-state index contributed by atoms with van der Waals surface area (Å²) in [5, 5.41) is 3.03. The van der Waals surface area contributed by atoms with Gasteiger partial charge in [0.15, 0.2) is 0 Å². The first kappa shape index (κ1) is 20.2. The minimum absolute atomic E-state index is 0.0641. The van der Waals surface area contributed by atoms with Gasteiger partial charge in [-0.2, -0.15) is 11.8 Å². The normalized spacial score (nSPS) is 13.7. The predicted molar refractivity (Wildman–Crippen MR) is 121 cm³/mol. The zero-order valence-electron chi connectivity index (χ0n) is 16.7. The lowest BCUT2D eigenvalue weighted by molar-refractivity contribution is -0.125. The van der Waals surface area contributed by atoms with E-state index < -0.39 is 6.04 Å². The number of thioether (sulfide) groups is 1. The van der Waals surface area contributed by atoms with Crippen LogP contribution in [-0.2, 0) is 23.6 Å². The van der Waals surface area contributed by atoms with Crippen molar-refractivity contribution in [2.24, 2.45) is 0 Å². The molecule has 30 heavy (non-hydrogen) atoms. The van der Waals surface area contributed by atoms with E-state index in [4.69, 9.17) is 0 Å². The fourth-order valence-corrected chi connectivity index (χ4v) is 4.70. The lowest BCUT2D eigenvalue weighted by Crippen LogP contribution is -2.48. The van der Waals surface area contributed by atoms with Crippen molar-refractivity contribution in [2.45, 2.75) is 24.9 Å². The standard InChI is InChI=1S/C25H24N2O2S/c28-24(26-15-19-9-3-1-4-10-19)23(18-30-17-20-11-5-2-6-12-20)27-16-21-13-7-8-14-22(21)25(27)29/h1-14,23H,15-18H2,(H,26,28)/t23-/m1/s1. The number of hydrogen-bond donors (Lipinski definition) is 1. The smallest absolute Gasteiger partial charge is 0.255 e. The van der Waals surface area contributed by atoms with Crippen molar-refractivity contribution in [1.29, 1.82) is 0 Å². The Labute approximate surface area is 181 Å². The van der Waals surface area contributed by atoms with Crippen LogP contribution in [0.2, 0.25) is 0 Å². The van der Waals surface area contributed by atoms with Crippen LogP contribution in [0.3, 0.4) is 0 Å². The Hall–Kier alpha value is -3.05. The van der Waals surface area contributed by atoms with E-state index in [-0.39, 0.29) is 11.8 Å². The lowest BCUT2D eigenvalue weighted by atomic mass is 10.1. The maximum absolute atomic E-state index is 13.1. The van der Waals surface area contributed by atoms with Gasteiger partial charge in [0.1, 0.15) is 6.04 Å². The van der Waals surface area contributed by atoms with Gasteiger partial charge in [0.05, 0.1) is 0 Å². The highest BCUT2D eigenvalue weighted by Crippen LogP contribution is 2.26. The fourth-order valence-electron chi connectivity index (χ4n) is 3.60. The number of nitrogens with one attached hydrogen (secondary N) is 1. The molecular weight excluding hydrogens is 392 g/mol. The Kier molecular flexibility index (Phi) is 6.50. The first-order valence-electron chi connectivity index (χ1n) is 10.0. The van der Waals surface area contributed by atoms with Crippen LogP contribution in [0.15, 0.2) is 84.9 Å². The maximum atomic E-state index is 13.1. The quantitative estimate of drug-likeness (QED) is 0.597. The summed E-state index contributed by atoms with van der Waals surface area (Å²) in [6.45, 7) is 0.929. The molecule has 0 saturated heterocycles. The number of rotatable bonds is 8. The minimum Gasteiger partial charge on any atom is -0.350 e. The van der Waals surface area contributed by atoms with Gasteiger partial charge in [-0.25, -0.2) is 0 Å². The number of benzene rings is 3. The molecule has 0 aromatic heterocycles. The molecule has 1 heterocycles. The number of carbonyl (C=O) groups is 2. The molecule has 152 valence electrons. The summed E-state index contributed by atoms with van der Waals surface area (Å²) < 4.78 is 0. The molecule has 1 aliphatic heterocycles. The van der Waals surface area contributed by atoms with Gasteiger partial charge in [-0.3, -0.25) is 9.59 Å². The number of fused-ring (bicyclic) bond motifs is 1. The van der Waals surface area contributed by atoms with E-state index in [2.05, 4.69) is 17.4 Å². The van der Waals surface area contributed by atoms with E-state index in [1.54, 1.807) is 16.7 Å². The topological polar surface area (TPSA) is 49.4 Å². The van der Waals surface area contributed by atoms with E-state index in [9.17, 15) is 9.59 Å². The molecule has 2 amide bonds. The fraction of sp³-hybridized carbons (Fsp3) is 0.200. The zero-order chi connectivity index (χ0) is 20.8. The first-order valence-corrected chi connectivity index (χ1v) is 11.2. The molecule has 1 N–H and O–H groups in total. The minimum atomic E-state index is -0.512. The molecule has 1 aliphatic rings. The predicted octanol–water partition coefficient (Wildman–Crippen LogP) is 4.26. The third-order valence-electron chi connectivity index (χ3n) is 5.23. The van der Waals surface area contributed by atoms with E-state index in [0.29, 0.717) is 24.4 Å². The van der Waals surface area contributed by atoms with Gasteiger partial charge in [0, 0.05) is 30.2 Å². The Bertz CT molecular complexity index is 1010. The van der Waals surface area contributed by atoms with Crippen LogP contribution in [0.4, 0.5) is 0 Å². The van der Waals surface area contributed by atoms with E-state index >= 15 is 0 Å². The summed E-state index contributed by atoms with van der Waals surface area (Å²) in [4.78, 5) is 27.8. The van der Waals surface area contributed by atoms with Crippen molar-refractivity contribution in [3.05, 3.63) is 107 Å². The average Bonchev–Trinajstić information content (AvgIpc) is 3.13. The van der Waals surface area contributed by atoms with Gasteiger partial charge in [-0.15, -0.1) is 0 Å². The average molecular weight is 417 g/mol. The SMILES string of the molecule is O=C(NCc1ccccc1)[C@@H](CSCc1ccccc1)N1Cc2ccccc2C1=O. The molecule has 0 bridgehead atoms. The molecule has 0 spiro atoms. The van der Waals surface area contributed by atoms with E-state index in [1.807, 2.05) is 72.8 Å². The van der Waals surface area contributed by atoms with Crippen LogP contribution in [0.5, 0.6) is 0 Å². The summed E-state index contributed by atoms with van der Waals surface area (Å²) >= 11 is 1.68. The van der Waals surface area contributed by atoms with E-state index in [0.717, 1.165) is 16.9 Å². The van der Waals surface area contributed by atoms with Crippen LogP contribution >= 0.6 is 11.8 Å². The van der Waals surface area contributed by atoms with Crippen molar-refractivity contribution in [1.82, 2.24) is 10.2 Å². The Balaban J connectivity index is 1.46. The summed E-state index contributed by atoms with van der Waals surface area (Å²) in [7, 11) is 0. The number of amides is 2. The van der Waals surface area contributed by atoms with Gasteiger partial charge in [0.2, 0.25) is 5.91 Å². The summed E-state index contributed by atoms with van der Waals surface area (Å²) in [5.41, 5.74) is 3.93. The van der Waals surface area contributed by atoms with Crippen LogP contribution in [0.1, 0.15) is 27.0 Å². The molecule has 0 radical (unpaired) electrons. The largest absolute Gasteiger partial charge is 0.350 e. The Morgan fingerprint density at radius 2 is 1.53 bits per heavy atom. The van der Waals surface area contributed by atoms with Gasteiger partial charge >= 0.3 is 0 Å². The van der Waals surface area contributed by atoms with Crippen molar-refractivity contribution >= 4 is 23.6 Å². The molecule has 4 rings (SSSR count). The second kappa shape index (κ2) is 9.63. The second-order valence-corrected chi connectivity index (χ2v) is 8.34. The van der Waals surface area contributed by atoms with Crippen molar-refractivity contribution in [3.63, 3.8) is 0 Å². The third kappa shape index (κ3) is 4.74. The Morgan fingerprint density at radius 1 is 0.900 bits per heavy atom. The van der Waals surface area contributed by atoms with Crippen molar-refractivity contribution < 1.29 is 9.59 Å². The van der Waals surface area contributed by atoms with Crippen molar-refractivity contribution in [2.75, 3.05) is 5.75 Å². The van der Waals surface area contributed by atoms with Gasteiger partial charge in [0.25, 0.3) is 5.91 Å². The van der Waals surface area contributed by atoms with Crippen LogP contribution < -0.4 is 5.32 Å². The van der Waals surface area contributed by atoms with Crippen LogP contribution in [0.25, 0.3) is 0 Å². The monoisotopic (exact) mass is 416 g/mol. The second-order valence-electron chi connectivity index (χ2n) is 7.31. The first-order chi connectivity index (χ1) is 14.7. The third-order valence-corrected chi connectivity index (χ3v) is 6.31.